The van der Waals surface area contributed by atoms with Gasteiger partial charge in [-0.05, 0) is 55.2 Å². The number of rotatable bonds is 19. The molecule has 1 saturated heterocycles. The monoisotopic (exact) mass is 966 g/mol. The molecule has 2 aliphatic rings. The van der Waals surface area contributed by atoms with Crippen molar-refractivity contribution >= 4 is 58.9 Å². The van der Waals surface area contributed by atoms with Crippen LogP contribution in [0.15, 0.2) is 79.3 Å². The summed E-state index contributed by atoms with van der Waals surface area (Å²) in [6.07, 6.45) is 8.55. The van der Waals surface area contributed by atoms with E-state index in [9.17, 15) is 43.2 Å². The summed E-state index contributed by atoms with van der Waals surface area (Å²) in [6.45, 7) is 8.02. The lowest BCUT2D eigenvalue weighted by Gasteiger charge is -2.35. The van der Waals surface area contributed by atoms with Gasteiger partial charge >= 0.3 is 6.03 Å². The third-order valence-electron chi connectivity index (χ3n) is 12.5. The minimum Gasteiger partial charge on any atom is -0.349 e. The number of anilines is 1. The van der Waals surface area contributed by atoms with Crippen molar-refractivity contribution in [1.29, 1.82) is 0 Å². The number of hydrogen-bond donors (Lipinski definition) is 7. The van der Waals surface area contributed by atoms with Gasteiger partial charge in [-0.2, -0.15) is 0 Å². The molecule has 3 aromatic rings. The Bertz CT molecular complexity index is 2320. The van der Waals surface area contributed by atoms with Crippen LogP contribution in [-0.2, 0) is 33.6 Å². The van der Waals surface area contributed by atoms with Gasteiger partial charge in [-0.25, -0.2) is 9.78 Å². The maximum Gasteiger partial charge on any atom is 0.321 e. The molecule has 1 unspecified atom stereocenters. The Kier molecular flexibility index (Phi) is 19.1. The lowest BCUT2D eigenvalue weighted by molar-refractivity contribution is -0.142. The molecule has 1 saturated carbocycles. The van der Waals surface area contributed by atoms with Crippen molar-refractivity contribution < 1.29 is 43.2 Å². The standard InChI is InChI=1S/C50H67N11O9/c1-8-18-35(40(62)46(67)53-30(2)42(63)58-39(48(69)60(6)7)32-21-14-10-15-22-32)55-43(64)34-28-61(49(70)54-33-23-16-11-17-24-33)29-37(34)56-47(68)41(50(3,4)5)59-45(66)38(31-19-12-9-13-20-31)57-44(65)36-27-51-25-26-52-36/h10-11,14-17,21-27,30-31,34-35,37-39,41H,8-9,12-13,18-20,28-29H2,1-7H3,(H,53,67)(H,54,70)(H,55,64)(H,56,68)(H,57,65)(H,58,63)(H,59,66)/t30-,34+,35-,37?,38-,39-,41+/m0/s1. The second-order valence-electron chi connectivity index (χ2n) is 19.2. The summed E-state index contributed by atoms with van der Waals surface area (Å²) >= 11 is 0. The van der Waals surface area contributed by atoms with E-state index >= 15 is 0 Å². The van der Waals surface area contributed by atoms with Crippen molar-refractivity contribution in [3.63, 3.8) is 0 Å². The molecule has 376 valence electrons. The number of likely N-dealkylation sites (tertiary alicyclic amines) is 1. The number of para-hydroxylation sites is 1. The van der Waals surface area contributed by atoms with E-state index in [4.69, 9.17) is 0 Å². The quantitative estimate of drug-likeness (QED) is 0.0859. The van der Waals surface area contributed by atoms with Gasteiger partial charge in [0.2, 0.25) is 35.3 Å². The highest BCUT2D eigenvalue weighted by atomic mass is 16.2. The van der Waals surface area contributed by atoms with Crippen LogP contribution >= 0.6 is 0 Å². The summed E-state index contributed by atoms with van der Waals surface area (Å²) < 4.78 is 0. The average molecular weight is 966 g/mol. The molecule has 7 atom stereocenters. The summed E-state index contributed by atoms with van der Waals surface area (Å²) in [5, 5.41) is 19.2. The van der Waals surface area contributed by atoms with Crippen molar-refractivity contribution in [2.75, 3.05) is 32.5 Å². The third-order valence-corrected chi connectivity index (χ3v) is 12.5. The molecule has 7 N–H and O–H groups in total. The molecule has 0 bridgehead atoms. The van der Waals surface area contributed by atoms with Crippen LogP contribution in [0.25, 0.3) is 0 Å². The van der Waals surface area contributed by atoms with Gasteiger partial charge in [-0.1, -0.05) is 102 Å². The van der Waals surface area contributed by atoms with Gasteiger partial charge in [0.25, 0.3) is 11.8 Å². The van der Waals surface area contributed by atoms with E-state index in [0.717, 1.165) is 19.3 Å². The van der Waals surface area contributed by atoms with Crippen molar-refractivity contribution in [3.05, 3.63) is 90.5 Å². The highest BCUT2D eigenvalue weighted by Gasteiger charge is 2.45. The van der Waals surface area contributed by atoms with Crippen molar-refractivity contribution in [2.24, 2.45) is 17.3 Å². The predicted molar refractivity (Wildman–Crippen MR) is 259 cm³/mol. The highest BCUT2D eigenvalue weighted by molar-refractivity contribution is 6.38. The van der Waals surface area contributed by atoms with Gasteiger partial charge < -0.3 is 47.0 Å². The van der Waals surface area contributed by atoms with E-state index in [-0.39, 0.29) is 31.1 Å². The van der Waals surface area contributed by atoms with E-state index in [1.807, 2.05) is 0 Å². The number of hydrogen-bond acceptors (Lipinski definition) is 11. The predicted octanol–water partition coefficient (Wildman–Crippen LogP) is 2.64. The maximum absolute atomic E-state index is 14.5. The number of aromatic nitrogens is 2. The summed E-state index contributed by atoms with van der Waals surface area (Å²) in [5.41, 5.74) is 0.115. The van der Waals surface area contributed by atoms with Crippen LogP contribution in [0.5, 0.6) is 0 Å². The smallest absolute Gasteiger partial charge is 0.321 e. The number of nitrogens with zero attached hydrogens (tertiary/aromatic N) is 4. The van der Waals surface area contributed by atoms with Crippen LogP contribution in [0.2, 0.25) is 0 Å². The Hall–Kier alpha value is -7.25. The van der Waals surface area contributed by atoms with Crippen molar-refractivity contribution in [2.45, 2.75) is 116 Å². The van der Waals surface area contributed by atoms with Crippen LogP contribution in [0, 0.1) is 17.3 Å². The number of carbonyl (C=O) groups is 9. The van der Waals surface area contributed by atoms with Crippen LogP contribution in [-0.4, -0.2) is 130 Å². The Morgan fingerprint density at radius 1 is 0.771 bits per heavy atom. The Morgan fingerprint density at radius 3 is 2.03 bits per heavy atom. The largest absolute Gasteiger partial charge is 0.349 e. The molecule has 1 aromatic heterocycles. The Labute approximate surface area is 408 Å². The third kappa shape index (κ3) is 14.6. The molecule has 20 nitrogen and oxygen atoms in total. The molecule has 0 radical (unpaired) electrons. The molecule has 1 aliphatic heterocycles. The van der Waals surface area contributed by atoms with E-state index in [1.54, 1.807) is 102 Å². The van der Waals surface area contributed by atoms with Crippen LogP contribution in [0.4, 0.5) is 10.5 Å². The molecule has 2 fully saturated rings. The van der Waals surface area contributed by atoms with Gasteiger partial charge in [-0.15, -0.1) is 0 Å². The fraction of sp³-hybridized carbons (Fsp3) is 0.500. The summed E-state index contributed by atoms with van der Waals surface area (Å²) in [6, 6.07) is 9.65. The van der Waals surface area contributed by atoms with Gasteiger partial charge in [0.05, 0.1) is 24.2 Å². The zero-order valence-corrected chi connectivity index (χ0v) is 41.0. The fourth-order valence-corrected chi connectivity index (χ4v) is 8.56. The molecule has 2 heterocycles. The number of urea groups is 1. The fourth-order valence-electron chi connectivity index (χ4n) is 8.56. The second kappa shape index (κ2) is 24.9. The molecule has 5 rings (SSSR count). The average Bonchev–Trinajstić information content (AvgIpc) is 3.77. The zero-order chi connectivity index (χ0) is 51.1. The first-order valence-electron chi connectivity index (χ1n) is 23.8. The molecular formula is C50H67N11O9. The molecular weight excluding hydrogens is 899 g/mol. The SMILES string of the molecule is CCC[C@H](NC(=O)[C@@H]1CN(C(=O)Nc2ccccc2)CC1NC(=O)[C@@H](NC(=O)[C@@H](NC(=O)c1cnccn1)C1CCCCC1)C(C)(C)C)C(=O)C(=O)N[C@@H](C)C(=O)N[C@H](C(=O)N(C)C)c1ccccc1. The lowest BCUT2D eigenvalue weighted by atomic mass is 9.82. The highest BCUT2D eigenvalue weighted by Crippen LogP contribution is 2.29. The van der Waals surface area contributed by atoms with Gasteiger partial charge in [0, 0.05) is 45.3 Å². The molecule has 0 spiro atoms. The van der Waals surface area contributed by atoms with Crippen molar-refractivity contribution in [3.8, 4) is 0 Å². The number of ketones is 1. The minimum absolute atomic E-state index is 0.0280. The summed E-state index contributed by atoms with van der Waals surface area (Å²) in [4.78, 5) is 135. The topological polar surface area (TPSA) is 270 Å². The van der Waals surface area contributed by atoms with Crippen LogP contribution in [0.3, 0.4) is 0 Å². The van der Waals surface area contributed by atoms with Crippen LogP contribution in [0.1, 0.15) is 102 Å². The first-order chi connectivity index (χ1) is 33.3. The number of carbonyl (C=O) groups excluding carboxylic acids is 9. The van der Waals surface area contributed by atoms with Gasteiger partial charge in [0.1, 0.15) is 29.9 Å². The number of likely N-dealkylation sites (N-methyl/N-ethyl adjacent to an activating group) is 1. The van der Waals surface area contributed by atoms with Crippen molar-refractivity contribution in [1.82, 2.24) is 51.7 Å². The molecule has 1 aliphatic carbocycles. The molecule has 20 heteroatoms. The maximum atomic E-state index is 14.5. The minimum atomic E-state index is -1.36. The van der Waals surface area contributed by atoms with E-state index in [0.29, 0.717) is 30.5 Å². The van der Waals surface area contributed by atoms with Gasteiger partial charge in [-0.3, -0.25) is 43.3 Å². The van der Waals surface area contributed by atoms with E-state index in [2.05, 4.69) is 47.2 Å². The number of benzene rings is 2. The number of Topliss-reactive ketones (excluding diaryl/α,β-unsaturated/α-hetero) is 1. The summed E-state index contributed by atoms with van der Waals surface area (Å²) in [5.74, 6) is -7.27. The number of amides is 9. The van der Waals surface area contributed by atoms with E-state index in [1.165, 1.54) is 35.3 Å². The molecule has 70 heavy (non-hydrogen) atoms. The normalized spacial score (nSPS) is 18.1. The molecule has 9 amide bonds. The Balaban J connectivity index is 1.33. The van der Waals surface area contributed by atoms with Crippen LogP contribution < -0.4 is 37.2 Å². The number of nitrogens with one attached hydrogen (secondary N) is 7. The van der Waals surface area contributed by atoms with Gasteiger partial charge in [0.15, 0.2) is 0 Å². The first-order valence-corrected chi connectivity index (χ1v) is 23.8. The van der Waals surface area contributed by atoms with E-state index < -0.39 is 101 Å². The summed E-state index contributed by atoms with van der Waals surface area (Å²) in [7, 11) is 3.08. The lowest BCUT2D eigenvalue weighted by Crippen LogP contribution is -2.61. The molecule has 2 aromatic carbocycles. The Morgan fingerprint density at radius 2 is 1.43 bits per heavy atom. The first kappa shape index (κ1) is 53.7. The second-order valence-corrected chi connectivity index (χ2v) is 19.2. The zero-order valence-electron chi connectivity index (χ0n) is 41.0.